The maximum absolute atomic E-state index is 12.6. The topological polar surface area (TPSA) is 71.0 Å². The molecule has 1 aliphatic rings. The average molecular weight is 448 g/mol. The van der Waals surface area contributed by atoms with Gasteiger partial charge in [0.2, 0.25) is 11.8 Å². The van der Waals surface area contributed by atoms with Gasteiger partial charge in [-0.15, -0.1) is 0 Å². The first-order chi connectivity index (χ1) is 13.0. The summed E-state index contributed by atoms with van der Waals surface area (Å²) >= 11 is 4.64. The summed E-state index contributed by atoms with van der Waals surface area (Å²) in [6.07, 6.45) is 0.130. The van der Waals surface area contributed by atoms with Gasteiger partial charge in [-0.25, -0.2) is 4.99 Å². The Morgan fingerprint density at radius 3 is 2.52 bits per heavy atom. The second-order valence-corrected chi connectivity index (χ2v) is 7.94. The van der Waals surface area contributed by atoms with Crippen LogP contribution in [0.25, 0.3) is 0 Å². The van der Waals surface area contributed by atoms with E-state index in [1.807, 2.05) is 12.1 Å². The normalized spacial score (nSPS) is 18.5. The number of thioether (sulfide) groups is 1. The van der Waals surface area contributed by atoms with Crippen LogP contribution in [-0.2, 0) is 9.59 Å². The van der Waals surface area contributed by atoms with Crippen LogP contribution in [-0.4, -0.2) is 41.3 Å². The lowest BCUT2D eigenvalue weighted by Crippen LogP contribution is -2.43. The molecule has 1 fully saturated rings. The number of halogens is 1. The van der Waals surface area contributed by atoms with Gasteiger partial charge in [0.1, 0.15) is 11.0 Å². The van der Waals surface area contributed by atoms with E-state index >= 15 is 0 Å². The molecule has 3 rings (SSSR count). The van der Waals surface area contributed by atoms with Crippen LogP contribution in [0.5, 0.6) is 5.75 Å². The Bertz CT molecular complexity index is 869. The van der Waals surface area contributed by atoms with E-state index in [0.29, 0.717) is 16.5 Å². The fourth-order valence-corrected chi connectivity index (χ4v) is 3.75. The Labute approximate surface area is 170 Å². The quantitative estimate of drug-likeness (QED) is 0.767. The highest BCUT2D eigenvalue weighted by atomic mass is 79.9. The molecule has 0 spiro atoms. The van der Waals surface area contributed by atoms with Crippen molar-refractivity contribution >= 4 is 56.0 Å². The number of hydrogen-bond acceptors (Lipinski definition) is 5. The molecule has 2 aromatic rings. The maximum Gasteiger partial charge on any atom is 0.238 e. The van der Waals surface area contributed by atoms with Gasteiger partial charge in [-0.2, -0.15) is 0 Å². The maximum atomic E-state index is 12.6. The molecule has 0 saturated carbocycles. The molecule has 0 radical (unpaired) electrons. The van der Waals surface area contributed by atoms with E-state index in [4.69, 9.17) is 4.74 Å². The van der Waals surface area contributed by atoms with Gasteiger partial charge in [0, 0.05) is 23.6 Å². The third-order valence-corrected chi connectivity index (χ3v) is 5.74. The predicted octanol–water partition coefficient (Wildman–Crippen LogP) is 4.05. The lowest BCUT2D eigenvalue weighted by molar-refractivity contribution is -0.128. The van der Waals surface area contributed by atoms with Gasteiger partial charge in [0.25, 0.3) is 0 Å². The van der Waals surface area contributed by atoms with Gasteiger partial charge in [0.05, 0.1) is 12.8 Å². The van der Waals surface area contributed by atoms with Crippen LogP contribution >= 0.6 is 27.7 Å². The molecule has 140 valence electrons. The largest absolute Gasteiger partial charge is 0.497 e. The zero-order valence-electron chi connectivity index (χ0n) is 14.8. The molecule has 1 N–H and O–H groups in total. The molecule has 1 heterocycles. The molecular weight excluding hydrogens is 430 g/mol. The SMILES string of the molecule is COc1ccc(N=C2SC(C(=O)Nc3ccc(Br)cc3)CC(=O)N2C)cc1. The lowest BCUT2D eigenvalue weighted by atomic mass is 10.2. The fraction of sp³-hybridized carbons (Fsp3) is 0.211. The molecule has 1 unspecified atom stereocenters. The number of carbonyl (C=O) groups is 2. The molecule has 0 bridgehead atoms. The van der Waals surface area contributed by atoms with E-state index < -0.39 is 5.25 Å². The number of ether oxygens (including phenoxy) is 1. The molecule has 0 aliphatic carbocycles. The van der Waals surface area contributed by atoms with Gasteiger partial charge >= 0.3 is 0 Å². The van der Waals surface area contributed by atoms with Crippen molar-refractivity contribution in [1.82, 2.24) is 4.90 Å². The lowest BCUT2D eigenvalue weighted by Gasteiger charge is -2.28. The summed E-state index contributed by atoms with van der Waals surface area (Å²) in [6.45, 7) is 0. The highest BCUT2D eigenvalue weighted by Crippen LogP contribution is 2.29. The zero-order chi connectivity index (χ0) is 19.4. The number of hydrogen-bond donors (Lipinski definition) is 1. The molecule has 8 heteroatoms. The number of nitrogens with one attached hydrogen (secondary N) is 1. The van der Waals surface area contributed by atoms with Crippen LogP contribution in [0.4, 0.5) is 11.4 Å². The van der Waals surface area contributed by atoms with Gasteiger partial charge in [0.15, 0.2) is 5.17 Å². The molecule has 2 aromatic carbocycles. The molecule has 2 amide bonds. The number of aliphatic imine (C=N–C) groups is 1. The van der Waals surface area contributed by atoms with E-state index in [9.17, 15) is 9.59 Å². The van der Waals surface area contributed by atoms with Crippen molar-refractivity contribution in [2.24, 2.45) is 4.99 Å². The minimum atomic E-state index is -0.533. The van der Waals surface area contributed by atoms with Crippen LogP contribution in [0, 0.1) is 0 Å². The number of anilines is 1. The summed E-state index contributed by atoms with van der Waals surface area (Å²) in [5.41, 5.74) is 1.37. The Balaban J connectivity index is 1.75. The summed E-state index contributed by atoms with van der Waals surface area (Å²) in [6, 6.07) is 14.5. The van der Waals surface area contributed by atoms with Crippen molar-refractivity contribution in [2.45, 2.75) is 11.7 Å². The second kappa shape index (κ2) is 8.58. The predicted molar refractivity (Wildman–Crippen MR) is 112 cm³/mol. The number of carbonyl (C=O) groups excluding carboxylic acids is 2. The first kappa shape index (κ1) is 19.4. The first-order valence-corrected chi connectivity index (χ1v) is 9.86. The minimum Gasteiger partial charge on any atom is -0.497 e. The monoisotopic (exact) mass is 447 g/mol. The first-order valence-electron chi connectivity index (χ1n) is 8.18. The Morgan fingerprint density at radius 1 is 1.22 bits per heavy atom. The Kier molecular flexibility index (Phi) is 6.18. The van der Waals surface area contributed by atoms with Crippen molar-refractivity contribution in [1.29, 1.82) is 0 Å². The van der Waals surface area contributed by atoms with Crippen molar-refractivity contribution in [3.63, 3.8) is 0 Å². The summed E-state index contributed by atoms with van der Waals surface area (Å²) in [5, 5.41) is 2.81. The molecule has 1 atom stereocenters. The Hall–Kier alpha value is -2.32. The minimum absolute atomic E-state index is 0.130. The smallest absolute Gasteiger partial charge is 0.238 e. The zero-order valence-corrected chi connectivity index (χ0v) is 17.2. The summed E-state index contributed by atoms with van der Waals surface area (Å²) in [4.78, 5) is 30.9. The molecule has 6 nitrogen and oxygen atoms in total. The van der Waals surface area contributed by atoms with Crippen molar-refractivity contribution in [3.05, 3.63) is 53.0 Å². The number of amides is 2. The van der Waals surface area contributed by atoms with E-state index in [2.05, 4.69) is 26.2 Å². The average Bonchev–Trinajstić information content (AvgIpc) is 2.67. The van der Waals surface area contributed by atoms with Crippen molar-refractivity contribution in [2.75, 3.05) is 19.5 Å². The van der Waals surface area contributed by atoms with Crippen molar-refractivity contribution < 1.29 is 14.3 Å². The van der Waals surface area contributed by atoms with Crippen LogP contribution in [0.15, 0.2) is 58.0 Å². The number of nitrogens with zero attached hydrogens (tertiary/aromatic N) is 2. The summed E-state index contributed by atoms with van der Waals surface area (Å²) in [7, 11) is 3.26. The van der Waals surface area contributed by atoms with Crippen LogP contribution in [0.1, 0.15) is 6.42 Å². The number of rotatable bonds is 4. The van der Waals surface area contributed by atoms with Gasteiger partial charge in [-0.3, -0.25) is 14.5 Å². The number of benzene rings is 2. The molecule has 0 aromatic heterocycles. The second-order valence-electron chi connectivity index (χ2n) is 5.85. The fourth-order valence-electron chi connectivity index (χ4n) is 2.42. The Morgan fingerprint density at radius 2 is 1.89 bits per heavy atom. The third-order valence-electron chi connectivity index (χ3n) is 3.97. The van der Waals surface area contributed by atoms with E-state index in [-0.39, 0.29) is 18.2 Å². The number of methoxy groups -OCH3 is 1. The van der Waals surface area contributed by atoms with E-state index in [1.54, 1.807) is 50.6 Å². The summed E-state index contributed by atoms with van der Waals surface area (Å²) in [5.74, 6) is 0.370. The molecule has 1 saturated heterocycles. The molecule has 1 aliphatic heterocycles. The van der Waals surface area contributed by atoms with E-state index in [0.717, 1.165) is 10.2 Å². The molecule has 27 heavy (non-hydrogen) atoms. The van der Waals surface area contributed by atoms with Crippen LogP contribution in [0.2, 0.25) is 0 Å². The highest BCUT2D eigenvalue weighted by Gasteiger charge is 2.34. The summed E-state index contributed by atoms with van der Waals surface area (Å²) < 4.78 is 6.06. The number of amidine groups is 1. The highest BCUT2D eigenvalue weighted by molar-refractivity contribution is 9.10. The van der Waals surface area contributed by atoms with Crippen molar-refractivity contribution in [3.8, 4) is 5.75 Å². The standard InChI is InChI=1S/C19H18BrN3O3S/c1-23-17(24)11-16(18(25)21-13-5-3-12(20)4-6-13)27-19(23)22-14-7-9-15(26-2)10-8-14/h3-10,16H,11H2,1-2H3,(H,21,25). The van der Waals surface area contributed by atoms with Gasteiger partial charge in [-0.1, -0.05) is 27.7 Å². The van der Waals surface area contributed by atoms with Gasteiger partial charge < -0.3 is 10.1 Å². The van der Waals surface area contributed by atoms with Crippen LogP contribution < -0.4 is 10.1 Å². The van der Waals surface area contributed by atoms with E-state index in [1.165, 1.54) is 16.7 Å². The van der Waals surface area contributed by atoms with Crippen LogP contribution in [0.3, 0.4) is 0 Å². The van der Waals surface area contributed by atoms with Gasteiger partial charge in [-0.05, 0) is 48.5 Å². The molecular formula is C19H18BrN3O3S. The third kappa shape index (κ3) is 4.90.